The standard InChI is InChI=1S/C25H34OSi/c1-6-20(2)21-17-18-22(19-21)26-27(25(3,4)5,23-13-9-7-10-14-23)24-15-11-8-12-16-24/h7-17,20,22H,6,18-19H2,1-5H3/t20?,22-/m1/s1. The minimum absolute atomic E-state index is 0.0504. The molecule has 3 rings (SSSR count). The lowest BCUT2D eigenvalue weighted by atomic mass is 9.98. The molecule has 0 bridgehead atoms. The summed E-state index contributed by atoms with van der Waals surface area (Å²) >= 11 is 0. The summed E-state index contributed by atoms with van der Waals surface area (Å²) in [6.07, 6.45) is 6.07. The Morgan fingerprint density at radius 2 is 1.48 bits per heavy atom. The molecule has 0 fully saturated rings. The molecule has 0 heterocycles. The largest absolute Gasteiger partial charge is 0.404 e. The van der Waals surface area contributed by atoms with Gasteiger partial charge in [0.05, 0.1) is 6.10 Å². The van der Waals surface area contributed by atoms with Gasteiger partial charge in [-0.1, -0.05) is 107 Å². The van der Waals surface area contributed by atoms with E-state index in [-0.39, 0.29) is 5.04 Å². The molecule has 0 saturated carbocycles. The van der Waals surface area contributed by atoms with Crippen LogP contribution >= 0.6 is 0 Å². The van der Waals surface area contributed by atoms with Gasteiger partial charge in [-0.05, 0) is 40.6 Å². The second kappa shape index (κ2) is 8.16. The molecule has 144 valence electrons. The Balaban J connectivity index is 2.03. The predicted molar refractivity (Wildman–Crippen MR) is 119 cm³/mol. The van der Waals surface area contributed by atoms with Crippen molar-refractivity contribution in [1.82, 2.24) is 0 Å². The van der Waals surface area contributed by atoms with Crippen LogP contribution in [0.5, 0.6) is 0 Å². The first-order chi connectivity index (χ1) is 12.9. The zero-order valence-electron chi connectivity index (χ0n) is 17.5. The second-order valence-electron chi connectivity index (χ2n) is 8.93. The van der Waals surface area contributed by atoms with Crippen molar-refractivity contribution < 1.29 is 4.43 Å². The number of hydrogen-bond acceptors (Lipinski definition) is 1. The van der Waals surface area contributed by atoms with Crippen molar-refractivity contribution in [1.29, 1.82) is 0 Å². The van der Waals surface area contributed by atoms with E-state index in [4.69, 9.17) is 4.43 Å². The van der Waals surface area contributed by atoms with Crippen molar-refractivity contribution in [3.8, 4) is 0 Å². The summed E-state index contributed by atoms with van der Waals surface area (Å²) in [5.74, 6) is 0.665. The molecule has 2 aromatic carbocycles. The molecule has 1 aliphatic rings. The van der Waals surface area contributed by atoms with Crippen LogP contribution in [0.3, 0.4) is 0 Å². The first-order valence-electron chi connectivity index (χ1n) is 10.4. The minimum Gasteiger partial charge on any atom is -0.404 e. The molecule has 0 saturated heterocycles. The van der Waals surface area contributed by atoms with E-state index >= 15 is 0 Å². The maximum Gasteiger partial charge on any atom is 0.261 e. The average Bonchev–Trinajstić information content (AvgIpc) is 3.14. The average molecular weight is 379 g/mol. The Labute approximate surface area is 166 Å². The van der Waals surface area contributed by atoms with Crippen LogP contribution in [0.4, 0.5) is 0 Å². The Kier molecular flexibility index (Phi) is 6.07. The second-order valence-corrected chi connectivity index (χ2v) is 13.2. The van der Waals surface area contributed by atoms with E-state index in [0.29, 0.717) is 12.0 Å². The normalized spacial score (nSPS) is 19.0. The van der Waals surface area contributed by atoms with E-state index in [9.17, 15) is 0 Å². The smallest absolute Gasteiger partial charge is 0.261 e. The molecule has 0 spiro atoms. The van der Waals surface area contributed by atoms with Gasteiger partial charge in [0.25, 0.3) is 8.32 Å². The number of benzene rings is 2. The molecular formula is C25H34OSi. The third-order valence-electron chi connectivity index (χ3n) is 6.11. The maximum atomic E-state index is 7.25. The molecule has 2 heteroatoms. The fourth-order valence-corrected chi connectivity index (χ4v) is 9.10. The molecule has 1 nitrogen and oxygen atoms in total. The van der Waals surface area contributed by atoms with E-state index < -0.39 is 8.32 Å². The minimum atomic E-state index is -2.42. The van der Waals surface area contributed by atoms with Gasteiger partial charge in [-0.15, -0.1) is 0 Å². The van der Waals surface area contributed by atoms with Gasteiger partial charge in [0.1, 0.15) is 0 Å². The lowest BCUT2D eigenvalue weighted by Gasteiger charge is -2.44. The molecule has 2 atom stereocenters. The van der Waals surface area contributed by atoms with Crippen LogP contribution in [-0.4, -0.2) is 14.4 Å². The van der Waals surface area contributed by atoms with Crippen LogP contribution in [0.1, 0.15) is 53.9 Å². The highest BCUT2D eigenvalue weighted by Gasteiger charge is 2.51. The van der Waals surface area contributed by atoms with Crippen molar-refractivity contribution in [2.75, 3.05) is 0 Å². The molecule has 0 radical (unpaired) electrons. The zero-order chi connectivity index (χ0) is 19.5. The SMILES string of the molecule is CCC(C)C1=CC[C@@H](O[Si](c2ccccc2)(c2ccccc2)C(C)(C)C)C1. The molecule has 2 aromatic rings. The van der Waals surface area contributed by atoms with E-state index in [1.165, 1.54) is 16.8 Å². The molecule has 0 amide bonds. The van der Waals surface area contributed by atoms with Crippen molar-refractivity contribution in [2.45, 2.75) is 65.0 Å². The highest BCUT2D eigenvalue weighted by Crippen LogP contribution is 2.40. The third kappa shape index (κ3) is 3.97. The number of hydrogen-bond donors (Lipinski definition) is 0. The van der Waals surface area contributed by atoms with Crippen LogP contribution < -0.4 is 10.4 Å². The Bertz CT molecular complexity index is 718. The summed E-state index contributed by atoms with van der Waals surface area (Å²) < 4.78 is 7.25. The van der Waals surface area contributed by atoms with Crippen molar-refractivity contribution >= 4 is 18.7 Å². The van der Waals surface area contributed by atoms with Gasteiger partial charge in [-0.25, -0.2) is 0 Å². The maximum absolute atomic E-state index is 7.25. The lowest BCUT2D eigenvalue weighted by molar-refractivity contribution is 0.197. The predicted octanol–water partition coefficient (Wildman–Crippen LogP) is 5.70. The van der Waals surface area contributed by atoms with E-state index in [1.54, 1.807) is 5.57 Å². The van der Waals surface area contributed by atoms with Gasteiger partial charge < -0.3 is 4.43 Å². The first-order valence-corrected chi connectivity index (χ1v) is 12.3. The van der Waals surface area contributed by atoms with Gasteiger partial charge in [-0.2, -0.15) is 0 Å². The first kappa shape index (κ1) is 20.1. The topological polar surface area (TPSA) is 9.23 Å². The van der Waals surface area contributed by atoms with Crippen LogP contribution in [0.15, 0.2) is 72.3 Å². The van der Waals surface area contributed by atoms with Crippen LogP contribution in [-0.2, 0) is 4.43 Å². The molecule has 0 aromatic heterocycles. The van der Waals surface area contributed by atoms with Crippen molar-refractivity contribution in [3.63, 3.8) is 0 Å². The summed E-state index contributed by atoms with van der Waals surface area (Å²) in [5, 5.41) is 2.80. The molecule has 1 aliphatic carbocycles. The molecule has 27 heavy (non-hydrogen) atoms. The fourth-order valence-electron chi connectivity index (χ4n) is 4.41. The highest BCUT2D eigenvalue weighted by atomic mass is 28.4. The van der Waals surface area contributed by atoms with Gasteiger partial charge in [0, 0.05) is 0 Å². The Morgan fingerprint density at radius 3 is 1.93 bits per heavy atom. The summed E-state index contributed by atoms with van der Waals surface area (Å²) in [7, 11) is -2.42. The van der Waals surface area contributed by atoms with E-state index in [0.717, 1.165) is 12.8 Å². The molecular weight excluding hydrogens is 344 g/mol. The van der Waals surface area contributed by atoms with Crippen LogP contribution in [0, 0.1) is 5.92 Å². The summed E-state index contributed by atoms with van der Waals surface area (Å²) in [5.41, 5.74) is 1.58. The quantitative estimate of drug-likeness (QED) is 0.463. The summed E-state index contributed by atoms with van der Waals surface area (Å²) in [6, 6.07) is 22.0. The van der Waals surface area contributed by atoms with Crippen LogP contribution in [0.25, 0.3) is 0 Å². The van der Waals surface area contributed by atoms with E-state index in [1.807, 2.05) is 0 Å². The lowest BCUT2D eigenvalue weighted by Crippen LogP contribution is -2.67. The zero-order valence-corrected chi connectivity index (χ0v) is 18.5. The van der Waals surface area contributed by atoms with Crippen LogP contribution in [0.2, 0.25) is 5.04 Å². The van der Waals surface area contributed by atoms with Gasteiger partial charge in [0.15, 0.2) is 0 Å². The number of rotatable bonds is 6. The third-order valence-corrected chi connectivity index (χ3v) is 11.2. The Morgan fingerprint density at radius 1 is 0.963 bits per heavy atom. The fraction of sp³-hybridized carbons (Fsp3) is 0.440. The van der Waals surface area contributed by atoms with Gasteiger partial charge in [-0.3, -0.25) is 0 Å². The van der Waals surface area contributed by atoms with Crippen molar-refractivity contribution in [3.05, 3.63) is 72.3 Å². The van der Waals surface area contributed by atoms with E-state index in [2.05, 4.69) is 101 Å². The molecule has 0 aliphatic heterocycles. The van der Waals surface area contributed by atoms with Gasteiger partial charge >= 0.3 is 0 Å². The Hall–Kier alpha value is -1.64. The van der Waals surface area contributed by atoms with Gasteiger partial charge in [0.2, 0.25) is 0 Å². The molecule has 1 unspecified atom stereocenters. The monoisotopic (exact) mass is 378 g/mol. The highest BCUT2D eigenvalue weighted by molar-refractivity contribution is 6.99. The summed E-state index contributed by atoms with van der Waals surface area (Å²) in [4.78, 5) is 0. The summed E-state index contributed by atoms with van der Waals surface area (Å²) in [6.45, 7) is 11.7. The van der Waals surface area contributed by atoms with Crippen molar-refractivity contribution in [2.24, 2.45) is 5.92 Å². The molecule has 0 N–H and O–H groups in total.